The van der Waals surface area contributed by atoms with Crippen molar-refractivity contribution >= 4 is 5.95 Å². The van der Waals surface area contributed by atoms with Gasteiger partial charge in [-0.1, -0.05) is 13.8 Å². The summed E-state index contributed by atoms with van der Waals surface area (Å²) in [6.45, 7) is 8.04. The maximum absolute atomic E-state index is 6.09. The molecule has 0 fully saturated rings. The number of hydrogen-bond acceptors (Lipinski definition) is 4. The molecule has 0 aliphatic heterocycles. The Morgan fingerprint density at radius 3 is 2.68 bits per heavy atom. The molecule has 5 nitrogen and oxygen atoms in total. The van der Waals surface area contributed by atoms with Crippen molar-refractivity contribution in [2.75, 3.05) is 32.2 Å². The normalized spacial score (nSPS) is 14.7. The van der Waals surface area contributed by atoms with Gasteiger partial charge in [-0.25, -0.2) is 4.98 Å². The number of anilines is 1. The van der Waals surface area contributed by atoms with E-state index in [-0.39, 0.29) is 12.1 Å². The fourth-order valence-corrected chi connectivity index (χ4v) is 2.04. The molecule has 0 amide bonds. The molecule has 2 unspecified atom stereocenters. The number of aromatic nitrogens is 2. The molecule has 1 aromatic rings. The molecule has 0 aliphatic rings. The highest BCUT2D eigenvalue weighted by Gasteiger charge is 2.15. The molecule has 0 spiro atoms. The van der Waals surface area contributed by atoms with Crippen molar-refractivity contribution < 1.29 is 4.74 Å². The summed E-state index contributed by atoms with van der Waals surface area (Å²) in [7, 11) is 3.78. The van der Waals surface area contributed by atoms with E-state index in [4.69, 9.17) is 10.5 Å². The molecule has 1 aromatic heterocycles. The van der Waals surface area contributed by atoms with Gasteiger partial charge < -0.3 is 19.9 Å². The zero-order chi connectivity index (χ0) is 14.4. The quantitative estimate of drug-likeness (QED) is 0.782. The van der Waals surface area contributed by atoms with Crippen molar-refractivity contribution in [2.24, 2.45) is 11.7 Å². The molecule has 5 heteroatoms. The molecule has 0 radical (unpaired) electrons. The van der Waals surface area contributed by atoms with Crippen LogP contribution < -0.4 is 10.6 Å². The third kappa shape index (κ3) is 4.51. The maximum atomic E-state index is 6.09. The molecule has 1 heterocycles. The van der Waals surface area contributed by atoms with E-state index in [2.05, 4.69) is 42.3 Å². The lowest BCUT2D eigenvalue weighted by Gasteiger charge is -2.25. The van der Waals surface area contributed by atoms with Gasteiger partial charge in [0, 0.05) is 39.1 Å². The molecular weight excluding hydrogens is 240 g/mol. The number of nitrogens with two attached hydrogens (primary N) is 1. The van der Waals surface area contributed by atoms with Gasteiger partial charge in [0.1, 0.15) is 0 Å². The van der Waals surface area contributed by atoms with Gasteiger partial charge in [-0.3, -0.25) is 0 Å². The second-order valence-electron chi connectivity index (χ2n) is 5.56. The summed E-state index contributed by atoms with van der Waals surface area (Å²) in [5.41, 5.74) is 6.09. The molecule has 0 saturated heterocycles. The van der Waals surface area contributed by atoms with E-state index >= 15 is 0 Å². The Morgan fingerprint density at radius 2 is 2.11 bits per heavy atom. The Morgan fingerprint density at radius 1 is 1.42 bits per heavy atom. The number of hydrogen-bond donors (Lipinski definition) is 1. The van der Waals surface area contributed by atoms with Crippen LogP contribution in [0.1, 0.15) is 33.2 Å². The predicted molar refractivity (Wildman–Crippen MR) is 79.5 cm³/mol. The van der Waals surface area contributed by atoms with Crippen molar-refractivity contribution in [1.82, 2.24) is 9.55 Å². The number of rotatable bonds is 8. The molecule has 110 valence electrons. The SMILES string of the molecule is COCC(C)n1ccnc1N(C)CCC(N)C(C)C. The Hall–Kier alpha value is -1.07. The number of methoxy groups -OCH3 is 1. The number of nitrogens with zero attached hydrogens (tertiary/aromatic N) is 3. The van der Waals surface area contributed by atoms with Gasteiger partial charge in [-0.05, 0) is 19.3 Å². The van der Waals surface area contributed by atoms with E-state index in [0.29, 0.717) is 12.5 Å². The Balaban J connectivity index is 2.62. The van der Waals surface area contributed by atoms with Crippen molar-refractivity contribution in [2.45, 2.75) is 39.3 Å². The monoisotopic (exact) mass is 268 g/mol. The standard InChI is InChI=1S/C14H28N4O/c1-11(2)13(15)6-8-17(4)14-16-7-9-18(14)12(3)10-19-5/h7,9,11-13H,6,8,10,15H2,1-5H3. The predicted octanol–water partition coefficient (Wildman–Crippen LogP) is 1.90. The zero-order valence-corrected chi connectivity index (χ0v) is 12.8. The highest BCUT2D eigenvalue weighted by molar-refractivity contribution is 5.30. The minimum absolute atomic E-state index is 0.238. The smallest absolute Gasteiger partial charge is 0.205 e. The zero-order valence-electron chi connectivity index (χ0n) is 12.8. The first-order chi connectivity index (χ1) is 8.97. The highest BCUT2D eigenvalue weighted by atomic mass is 16.5. The largest absolute Gasteiger partial charge is 0.383 e. The van der Waals surface area contributed by atoms with Crippen LogP contribution in [0, 0.1) is 5.92 Å². The molecule has 0 saturated carbocycles. The van der Waals surface area contributed by atoms with Gasteiger partial charge in [0.25, 0.3) is 0 Å². The molecule has 1 rings (SSSR count). The van der Waals surface area contributed by atoms with Crippen LogP contribution in [0.15, 0.2) is 12.4 Å². The summed E-state index contributed by atoms with van der Waals surface area (Å²) in [5.74, 6) is 1.49. The van der Waals surface area contributed by atoms with Gasteiger partial charge in [0.05, 0.1) is 12.6 Å². The third-order valence-corrected chi connectivity index (χ3v) is 3.53. The van der Waals surface area contributed by atoms with Gasteiger partial charge in [0.15, 0.2) is 0 Å². The highest BCUT2D eigenvalue weighted by Crippen LogP contribution is 2.17. The van der Waals surface area contributed by atoms with Gasteiger partial charge in [0.2, 0.25) is 5.95 Å². The van der Waals surface area contributed by atoms with Gasteiger partial charge in [-0.2, -0.15) is 0 Å². The van der Waals surface area contributed by atoms with Crippen LogP contribution in [-0.4, -0.2) is 42.9 Å². The Kier molecular flexibility index (Phi) is 6.31. The van der Waals surface area contributed by atoms with Crippen molar-refractivity contribution in [3.63, 3.8) is 0 Å². The molecule has 19 heavy (non-hydrogen) atoms. The summed E-state index contributed by atoms with van der Waals surface area (Å²) in [5, 5.41) is 0. The van der Waals surface area contributed by atoms with Crippen LogP contribution >= 0.6 is 0 Å². The summed E-state index contributed by atoms with van der Waals surface area (Å²) in [6.07, 6.45) is 4.80. The van der Waals surface area contributed by atoms with Crippen LogP contribution in [0.25, 0.3) is 0 Å². The maximum Gasteiger partial charge on any atom is 0.205 e. The molecule has 2 atom stereocenters. The molecule has 2 N–H and O–H groups in total. The van der Waals surface area contributed by atoms with E-state index in [0.717, 1.165) is 18.9 Å². The Bertz CT molecular complexity index is 364. The van der Waals surface area contributed by atoms with Gasteiger partial charge in [-0.15, -0.1) is 0 Å². The van der Waals surface area contributed by atoms with Crippen LogP contribution in [0.5, 0.6) is 0 Å². The first kappa shape index (κ1) is 16.0. The minimum atomic E-state index is 0.238. The first-order valence-electron chi connectivity index (χ1n) is 6.95. The fourth-order valence-electron chi connectivity index (χ4n) is 2.04. The Labute approximate surface area is 116 Å². The number of imidazole rings is 1. The van der Waals surface area contributed by atoms with Crippen molar-refractivity contribution in [3.05, 3.63) is 12.4 Å². The van der Waals surface area contributed by atoms with Crippen molar-refractivity contribution in [3.8, 4) is 0 Å². The summed E-state index contributed by atoms with van der Waals surface area (Å²) < 4.78 is 7.35. The van der Waals surface area contributed by atoms with Gasteiger partial charge >= 0.3 is 0 Å². The average Bonchev–Trinajstić information content (AvgIpc) is 2.84. The topological polar surface area (TPSA) is 56.3 Å². The lowest BCUT2D eigenvalue weighted by atomic mass is 10.0. The van der Waals surface area contributed by atoms with Crippen LogP contribution in [0.4, 0.5) is 5.95 Å². The number of ether oxygens (including phenoxy) is 1. The van der Waals surface area contributed by atoms with E-state index < -0.39 is 0 Å². The second kappa shape index (κ2) is 7.50. The van der Waals surface area contributed by atoms with E-state index in [1.807, 2.05) is 12.4 Å². The van der Waals surface area contributed by atoms with Crippen LogP contribution in [-0.2, 0) is 4.74 Å². The molecule has 0 aromatic carbocycles. The van der Waals surface area contributed by atoms with E-state index in [1.165, 1.54) is 0 Å². The summed E-state index contributed by atoms with van der Waals surface area (Å²) in [6, 6.07) is 0.519. The fraction of sp³-hybridized carbons (Fsp3) is 0.786. The summed E-state index contributed by atoms with van der Waals surface area (Å²) in [4.78, 5) is 6.60. The molecular formula is C14H28N4O. The minimum Gasteiger partial charge on any atom is -0.383 e. The summed E-state index contributed by atoms with van der Waals surface area (Å²) >= 11 is 0. The second-order valence-corrected chi connectivity index (χ2v) is 5.56. The lowest BCUT2D eigenvalue weighted by molar-refractivity contribution is 0.162. The molecule has 0 aliphatic carbocycles. The van der Waals surface area contributed by atoms with Crippen LogP contribution in [0.2, 0.25) is 0 Å². The van der Waals surface area contributed by atoms with E-state index in [1.54, 1.807) is 7.11 Å². The first-order valence-corrected chi connectivity index (χ1v) is 6.95. The van der Waals surface area contributed by atoms with Crippen molar-refractivity contribution in [1.29, 1.82) is 0 Å². The third-order valence-electron chi connectivity index (χ3n) is 3.53. The van der Waals surface area contributed by atoms with Crippen LogP contribution in [0.3, 0.4) is 0 Å². The average molecular weight is 268 g/mol. The molecule has 0 bridgehead atoms. The van der Waals surface area contributed by atoms with E-state index in [9.17, 15) is 0 Å². The lowest BCUT2D eigenvalue weighted by Crippen LogP contribution is -2.33.